The molecule has 2 aromatic carbocycles. The second-order valence-electron chi connectivity index (χ2n) is 6.73. The van der Waals surface area contributed by atoms with E-state index in [4.69, 9.17) is 0 Å². The van der Waals surface area contributed by atoms with Gasteiger partial charge in [-0.15, -0.1) is 5.10 Å². The number of tetrazole rings is 1. The van der Waals surface area contributed by atoms with Gasteiger partial charge in [-0.25, -0.2) is 4.68 Å². The Bertz CT molecular complexity index is 1110. The molecule has 0 aliphatic carbocycles. The number of thioether (sulfide) groups is 1. The van der Waals surface area contributed by atoms with Gasteiger partial charge < -0.3 is 5.32 Å². The highest BCUT2D eigenvalue weighted by Gasteiger charge is 2.12. The molecule has 160 valence electrons. The van der Waals surface area contributed by atoms with Crippen LogP contribution in [0.2, 0.25) is 0 Å². The lowest BCUT2D eigenvalue weighted by Crippen LogP contribution is -2.41. The molecular formula is C20H21N7O3S. The summed E-state index contributed by atoms with van der Waals surface area (Å²) < 4.78 is 1.48. The van der Waals surface area contributed by atoms with Crippen LogP contribution >= 0.6 is 11.8 Å². The highest BCUT2D eigenvalue weighted by atomic mass is 32.2. The van der Waals surface area contributed by atoms with Crippen LogP contribution in [-0.4, -0.2) is 43.7 Å². The smallest absolute Gasteiger partial charge is 0.269 e. The standard InChI is InChI=1S/C20H21N7O3S/c1-12-4-9-16(13(2)10-12)19(30)23-22-18(29)14-5-7-15(8-6-14)21-17(28)11-31-20-24-25-26-27(20)3/h4-10H,11H2,1-3H3,(H,21,28)(H,22,29)(H,23,30). The van der Waals surface area contributed by atoms with E-state index < -0.39 is 11.8 Å². The summed E-state index contributed by atoms with van der Waals surface area (Å²) in [6.07, 6.45) is 0. The first kappa shape index (κ1) is 22.0. The van der Waals surface area contributed by atoms with Gasteiger partial charge in [0.25, 0.3) is 11.8 Å². The van der Waals surface area contributed by atoms with Gasteiger partial charge in [-0.2, -0.15) is 0 Å². The Kier molecular flexibility index (Phi) is 6.98. The molecule has 3 N–H and O–H groups in total. The summed E-state index contributed by atoms with van der Waals surface area (Å²) in [5, 5.41) is 14.3. The van der Waals surface area contributed by atoms with E-state index in [0.29, 0.717) is 22.0 Å². The Labute approximate surface area is 182 Å². The fourth-order valence-electron chi connectivity index (χ4n) is 2.70. The van der Waals surface area contributed by atoms with Crippen LogP contribution in [0, 0.1) is 13.8 Å². The minimum absolute atomic E-state index is 0.140. The minimum atomic E-state index is -0.471. The molecule has 0 saturated heterocycles. The molecular weight excluding hydrogens is 418 g/mol. The quantitative estimate of drug-likeness (QED) is 0.393. The molecule has 0 aliphatic heterocycles. The zero-order valence-electron chi connectivity index (χ0n) is 17.2. The van der Waals surface area contributed by atoms with E-state index >= 15 is 0 Å². The molecule has 0 unspecified atom stereocenters. The normalized spacial score (nSPS) is 10.4. The zero-order chi connectivity index (χ0) is 22.4. The number of amides is 3. The van der Waals surface area contributed by atoms with Crippen LogP contribution in [0.25, 0.3) is 0 Å². The molecule has 0 fully saturated rings. The topological polar surface area (TPSA) is 131 Å². The number of aryl methyl sites for hydroxylation is 3. The van der Waals surface area contributed by atoms with Gasteiger partial charge in [0, 0.05) is 23.9 Å². The van der Waals surface area contributed by atoms with Gasteiger partial charge >= 0.3 is 0 Å². The summed E-state index contributed by atoms with van der Waals surface area (Å²) in [5.74, 6) is -0.960. The van der Waals surface area contributed by atoms with E-state index in [2.05, 4.69) is 31.7 Å². The highest BCUT2D eigenvalue weighted by molar-refractivity contribution is 7.99. The van der Waals surface area contributed by atoms with Gasteiger partial charge in [0.05, 0.1) is 5.75 Å². The van der Waals surface area contributed by atoms with Crippen molar-refractivity contribution >= 4 is 35.2 Å². The molecule has 0 bridgehead atoms. The maximum absolute atomic E-state index is 12.3. The van der Waals surface area contributed by atoms with Crippen molar-refractivity contribution in [3.63, 3.8) is 0 Å². The molecule has 0 spiro atoms. The molecule has 10 nitrogen and oxygen atoms in total. The number of rotatable bonds is 6. The Morgan fingerprint density at radius 2 is 1.71 bits per heavy atom. The van der Waals surface area contributed by atoms with Crippen LogP contribution in [-0.2, 0) is 11.8 Å². The van der Waals surface area contributed by atoms with Crippen LogP contribution in [0.1, 0.15) is 31.8 Å². The number of anilines is 1. The third-order valence-corrected chi connectivity index (χ3v) is 5.27. The number of nitrogens with zero attached hydrogens (tertiary/aromatic N) is 4. The largest absolute Gasteiger partial charge is 0.325 e. The summed E-state index contributed by atoms with van der Waals surface area (Å²) in [5.41, 5.74) is 8.03. The predicted octanol–water partition coefficient (Wildman–Crippen LogP) is 1.63. The summed E-state index contributed by atoms with van der Waals surface area (Å²) in [6.45, 7) is 3.77. The molecule has 31 heavy (non-hydrogen) atoms. The fourth-order valence-corrected chi connectivity index (χ4v) is 3.35. The van der Waals surface area contributed by atoms with Crippen molar-refractivity contribution in [2.45, 2.75) is 19.0 Å². The van der Waals surface area contributed by atoms with Crippen LogP contribution in [0.15, 0.2) is 47.6 Å². The SMILES string of the molecule is Cc1ccc(C(=O)NNC(=O)c2ccc(NC(=O)CSc3nnnn3C)cc2)c(C)c1. The van der Waals surface area contributed by atoms with Gasteiger partial charge in [-0.3, -0.25) is 25.2 Å². The number of hydrogen-bond donors (Lipinski definition) is 3. The van der Waals surface area contributed by atoms with E-state index in [1.54, 1.807) is 37.4 Å². The molecule has 3 rings (SSSR count). The van der Waals surface area contributed by atoms with Crippen molar-refractivity contribution in [1.82, 2.24) is 31.1 Å². The van der Waals surface area contributed by atoms with Crippen LogP contribution in [0.4, 0.5) is 5.69 Å². The van der Waals surface area contributed by atoms with Crippen molar-refractivity contribution in [2.24, 2.45) is 7.05 Å². The number of hydrazine groups is 1. The van der Waals surface area contributed by atoms with E-state index in [-0.39, 0.29) is 11.7 Å². The number of hydrogen-bond acceptors (Lipinski definition) is 7. The molecule has 11 heteroatoms. The number of nitrogens with one attached hydrogen (secondary N) is 3. The van der Waals surface area contributed by atoms with Crippen molar-refractivity contribution in [3.8, 4) is 0 Å². The first-order chi connectivity index (χ1) is 14.8. The Balaban J connectivity index is 1.49. The van der Waals surface area contributed by atoms with Crippen molar-refractivity contribution in [1.29, 1.82) is 0 Å². The maximum Gasteiger partial charge on any atom is 0.269 e. The van der Waals surface area contributed by atoms with Gasteiger partial charge in [0.1, 0.15) is 0 Å². The van der Waals surface area contributed by atoms with E-state index in [9.17, 15) is 14.4 Å². The third kappa shape index (κ3) is 5.89. The number of carbonyl (C=O) groups excluding carboxylic acids is 3. The van der Waals surface area contributed by atoms with Crippen molar-refractivity contribution in [3.05, 3.63) is 64.7 Å². The van der Waals surface area contributed by atoms with Crippen LogP contribution in [0.5, 0.6) is 0 Å². The summed E-state index contributed by atoms with van der Waals surface area (Å²) in [6, 6.07) is 11.7. The molecule has 0 atom stereocenters. The maximum atomic E-state index is 12.3. The van der Waals surface area contributed by atoms with Gasteiger partial charge in [-0.05, 0) is 60.2 Å². The molecule has 3 amide bonds. The fraction of sp³-hybridized carbons (Fsp3) is 0.200. The van der Waals surface area contributed by atoms with Crippen LogP contribution < -0.4 is 16.2 Å². The number of aromatic nitrogens is 4. The summed E-state index contributed by atoms with van der Waals surface area (Å²) >= 11 is 1.21. The van der Waals surface area contributed by atoms with Crippen LogP contribution in [0.3, 0.4) is 0 Å². The predicted molar refractivity (Wildman–Crippen MR) is 115 cm³/mol. The molecule has 0 saturated carbocycles. The lowest BCUT2D eigenvalue weighted by molar-refractivity contribution is -0.113. The molecule has 0 radical (unpaired) electrons. The molecule has 3 aromatic rings. The lowest BCUT2D eigenvalue weighted by Gasteiger charge is -2.10. The molecule has 1 aromatic heterocycles. The lowest BCUT2D eigenvalue weighted by atomic mass is 10.1. The van der Waals surface area contributed by atoms with E-state index in [1.165, 1.54) is 16.4 Å². The van der Waals surface area contributed by atoms with Crippen molar-refractivity contribution in [2.75, 3.05) is 11.1 Å². The van der Waals surface area contributed by atoms with Crippen molar-refractivity contribution < 1.29 is 14.4 Å². The molecule has 0 aliphatic rings. The first-order valence-electron chi connectivity index (χ1n) is 9.26. The molecule has 1 heterocycles. The highest BCUT2D eigenvalue weighted by Crippen LogP contribution is 2.14. The summed E-state index contributed by atoms with van der Waals surface area (Å²) in [4.78, 5) is 36.6. The number of carbonyl (C=O) groups is 3. The summed E-state index contributed by atoms with van der Waals surface area (Å²) in [7, 11) is 1.69. The van der Waals surface area contributed by atoms with Gasteiger partial charge in [0.2, 0.25) is 11.1 Å². The monoisotopic (exact) mass is 439 g/mol. The zero-order valence-corrected chi connectivity index (χ0v) is 18.0. The van der Waals surface area contributed by atoms with Gasteiger partial charge in [0.15, 0.2) is 0 Å². The second kappa shape index (κ2) is 9.85. The Morgan fingerprint density at radius 1 is 1.00 bits per heavy atom. The average molecular weight is 440 g/mol. The van der Waals surface area contributed by atoms with E-state index in [0.717, 1.165) is 11.1 Å². The Hall–Kier alpha value is -3.73. The minimum Gasteiger partial charge on any atom is -0.325 e. The average Bonchev–Trinajstić information content (AvgIpc) is 3.15. The Morgan fingerprint density at radius 3 is 2.35 bits per heavy atom. The first-order valence-corrected chi connectivity index (χ1v) is 10.2. The second-order valence-corrected chi connectivity index (χ2v) is 7.67. The third-order valence-electron chi connectivity index (χ3n) is 4.26. The van der Waals surface area contributed by atoms with E-state index in [1.807, 2.05) is 26.0 Å². The van der Waals surface area contributed by atoms with Gasteiger partial charge in [-0.1, -0.05) is 29.5 Å². The number of benzene rings is 2.